The van der Waals surface area contributed by atoms with Gasteiger partial charge in [0.2, 0.25) is 0 Å². The highest BCUT2D eigenvalue weighted by molar-refractivity contribution is 5.88. The zero-order chi connectivity index (χ0) is 9.14. The van der Waals surface area contributed by atoms with E-state index >= 15 is 0 Å². The Hall–Kier alpha value is -1.47. The second kappa shape index (κ2) is 3.28. The maximum Gasteiger partial charge on any atom is 0.352 e. The van der Waals surface area contributed by atoms with Crippen LogP contribution in [0.25, 0.3) is 0 Å². The van der Waals surface area contributed by atoms with Gasteiger partial charge in [0.1, 0.15) is 5.70 Å². The predicted molar refractivity (Wildman–Crippen MR) is 45.3 cm³/mol. The average molecular weight is 165 g/mol. The van der Waals surface area contributed by atoms with Gasteiger partial charge in [-0.1, -0.05) is 13.8 Å². The van der Waals surface area contributed by atoms with Gasteiger partial charge in [0.15, 0.2) is 0 Å². The number of allylic oxidation sites excluding steroid dienone is 2. The average Bonchev–Trinajstić information content (AvgIpc) is 2.04. The van der Waals surface area contributed by atoms with E-state index < -0.39 is 5.97 Å². The first-order chi connectivity index (χ1) is 5.63. The minimum Gasteiger partial charge on any atom is -0.477 e. The minimum atomic E-state index is -0.923. The van der Waals surface area contributed by atoms with Crippen LogP contribution in [0, 0.1) is 5.92 Å². The molecule has 0 atom stereocenters. The van der Waals surface area contributed by atoms with Crippen LogP contribution >= 0.6 is 0 Å². The van der Waals surface area contributed by atoms with Gasteiger partial charge in [-0.15, -0.1) is 5.73 Å². The van der Waals surface area contributed by atoms with Crippen LogP contribution in [-0.2, 0) is 4.79 Å². The normalized spacial score (nSPS) is 15.2. The largest absolute Gasteiger partial charge is 0.477 e. The van der Waals surface area contributed by atoms with E-state index in [0.29, 0.717) is 0 Å². The molecule has 3 nitrogen and oxygen atoms in total. The first kappa shape index (κ1) is 8.62. The Kier molecular flexibility index (Phi) is 2.36. The topological polar surface area (TPSA) is 49.3 Å². The van der Waals surface area contributed by atoms with Gasteiger partial charge in [-0.3, -0.25) is 0 Å². The lowest BCUT2D eigenvalue weighted by atomic mass is 10.00. The molecule has 1 aliphatic heterocycles. The van der Waals surface area contributed by atoms with Gasteiger partial charge in [0, 0.05) is 6.20 Å². The lowest BCUT2D eigenvalue weighted by molar-refractivity contribution is -0.133. The first-order valence-electron chi connectivity index (χ1n) is 3.78. The SMILES string of the molecule is CC(C)C1=C(C(=O)O)NC=C=C1. The molecule has 64 valence electrons. The molecule has 3 heteroatoms. The van der Waals surface area contributed by atoms with Crippen molar-refractivity contribution in [1.82, 2.24) is 5.32 Å². The summed E-state index contributed by atoms with van der Waals surface area (Å²) in [5, 5.41) is 11.4. The van der Waals surface area contributed by atoms with Gasteiger partial charge in [-0.05, 0) is 17.6 Å². The predicted octanol–water partition coefficient (Wildman–Crippen LogP) is 1.25. The van der Waals surface area contributed by atoms with E-state index in [1.54, 1.807) is 6.08 Å². The van der Waals surface area contributed by atoms with Crippen molar-refractivity contribution < 1.29 is 9.90 Å². The van der Waals surface area contributed by atoms with Crippen molar-refractivity contribution >= 4 is 5.97 Å². The molecule has 0 aromatic rings. The molecule has 0 spiro atoms. The molecule has 1 aliphatic rings. The van der Waals surface area contributed by atoms with Crippen molar-refractivity contribution in [3.63, 3.8) is 0 Å². The number of carboxylic acid groups (broad SMARTS) is 1. The molecule has 0 bridgehead atoms. The molecule has 12 heavy (non-hydrogen) atoms. The number of aliphatic carboxylic acids is 1. The highest BCUT2D eigenvalue weighted by Gasteiger charge is 2.15. The number of carboxylic acids is 1. The second-order valence-corrected chi connectivity index (χ2v) is 2.89. The monoisotopic (exact) mass is 165 g/mol. The van der Waals surface area contributed by atoms with Gasteiger partial charge >= 0.3 is 5.97 Å². The zero-order valence-electron chi connectivity index (χ0n) is 7.09. The summed E-state index contributed by atoms with van der Waals surface area (Å²) in [6.45, 7) is 3.90. The van der Waals surface area contributed by atoms with Crippen LogP contribution in [0.2, 0.25) is 0 Å². The number of hydrogen-bond donors (Lipinski definition) is 2. The van der Waals surface area contributed by atoms with Gasteiger partial charge in [-0.2, -0.15) is 0 Å². The van der Waals surface area contributed by atoms with Gasteiger partial charge in [0.25, 0.3) is 0 Å². The summed E-state index contributed by atoms with van der Waals surface area (Å²) in [5.41, 5.74) is 3.85. The molecule has 0 amide bonds. The summed E-state index contributed by atoms with van der Waals surface area (Å²) >= 11 is 0. The first-order valence-corrected chi connectivity index (χ1v) is 3.78. The summed E-state index contributed by atoms with van der Waals surface area (Å²) in [6.07, 6.45) is 3.19. The lowest BCUT2D eigenvalue weighted by Crippen LogP contribution is -2.20. The van der Waals surface area contributed by atoms with Crippen LogP contribution in [0.4, 0.5) is 0 Å². The van der Waals surface area contributed by atoms with Gasteiger partial charge in [0.05, 0.1) is 0 Å². The van der Waals surface area contributed by atoms with E-state index in [1.165, 1.54) is 6.20 Å². The molecule has 0 aromatic carbocycles. The van der Waals surface area contributed by atoms with Crippen LogP contribution in [0.5, 0.6) is 0 Å². The number of carbonyl (C=O) groups is 1. The highest BCUT2D eigenvalue weighted by atomic mass is 16.4. The van der Waals surface area contributed by atoms with E-state index in [2.05, 4.69) is 11.0 Å². The summed E-state index contributed by atoms with van der Waals surface area (Å²) in [5.74, 6) is -0.725. The molecular weight excluding hydrogens is 154 g/mol. The highest BCUT2D eigenvalue weighted by Crippen LogP contribution is 2.16. The van der Waals surface area contributed by atoms with E-state index in [4.69, 9.17) is 5.11 Å². The van der Waals surface area contributed by atoms with E-state index in [1.807, 2.05) is 13.8 Å². The molecule has 0 aliphatic carbocycles. The van der Waals surface area contributed by atoms with E-state index in [0.717, 1.165) is 5.57 Å². The maximum absolute atomic E-state index is 10.7. The van der Waals surface area contributed by atoms with Gasteiger partial charge in [-0.25, -0.2) is 4.79 Å². The Labute approximate surface area is 71.1 Å². The number of rotatable bonds is 2. The fraction of sp³-hybridized carbons (Fsp3) is 0.333. The molecule has 0 saturated carbocycles. The molecule has 0 fully saturated rings. The van der Waals surface area contributed by atoms with Crippen LogP contribution < -0.4 is 5.32 Å². The number of nitrogens with one attached hydrogen (secondary N) is 1. The smallest absolute Gasteiger partial charge is 0.352 e. The standard InChI is InChI=1S/C9H11NO2/c1-6(2)7-4-3-5-10-8(7)9(11)12/h4-6,10H,1-2H3,(H,11,12). The Morgan fingerprint density at radius 3 is 2.75 bits per heavy atom. The summed E-state index contributed by atoms with van der Waals surface area (Å²) < 4.78 is 0. The maximum atomic E-state index is 10.7. The molecular formula is C9H11NO2. The fourth-order valence-electron chi connectivity index (χ4n) is 1.04. The third-order valence-electron chi connectivity index (χ3n) is 1.66. The van der Waals surface area contributed by atoms with E-state index in [-0.39, 0.29) is 11.6 Å². The molecule has 2 N–H and O–H groups in total. The van der Waals surface area contributed by atoms with Crippen LogP contribution in [0.1, 0.15) is 13.8 Å². The molecule has 0 unspecified atom stereocenters. The summed E-state index contributed by atoms with van der Waals surface area (Å²) in [6, 6.07) is 0. The Morgan fingerprint density at radius 2 is 2.33 bits per heavy atom. The van der Waals surface area contributed by atoms with Crippen molar-refractivity contribution in [1.29, 1.82) is 0 Å². The van der Waals surface area contributed by atoms with Crippen LogP contribution in [0.3, 0.4) is 0 Å². The van der Waals surface area contributed by atoms with Crippen molar-refractivity contribution in [3.05, 3.63) is 29.3 Å². The number of hydrogen-bond acceptors (Lipinski definition) is 2. The molecule has 1 heterocycles. The quantitative estimate of drug-likeness (QED) is 0.605. The van der Waals surface area contributed by atoms with Crippen molar-refractivity contribution in [3.8, 4) is 0 Å². The Bertz CT molecular complexity index is 294. The zero-order valence-corrected chi connectivity index (χ0v) is 7.09. The molecule has 0 radical (unpaired) electrons. The summed E-state index contributed by atoms with van der Waals surface area (Å²) in [4.78, 5) is 10.7. The fourth-order valence-corrected chi connectivity index (χ4v) is 1.04. The molecule has 0 saturated heterocycles. The van der Waals surface area contributed by atoms with Crippen molar-refractivity contribution in [2.75, 3.05) is 0 Å². The third-order valence-corrected chi connectivity index (χ3v) is 1.66. The van der Waals surface area contributed by atoms with Crippen LogP contribution in [-0.4, -0.2) is 11.1 Å². The van der Waals surface area contributed by atoms with Crippen molar-refractivity contribution in [2.45, 2.75) is 13.8 Å². The molecule has 1 rings (SSSR count). The summed E-state index contributed by atoms with van der Waals surface area (Å²) in [7, 11) is 0. The van der Waals surface area contributed by atoms with Gasteiger partial charge < -0.3 is 10.4 Å². The Morgan fingerprint density at radius 1 is 1.67 bits per heavy atom. The second-order valence-electron chi connectivity index (χ2n) is 2.89. The lowest BCUT2D eigenvalue weighted by Gasteiger charge is -2.13. The molecule has 0 aromatic heterocycles. The van der Waals surface area contributed by atoms with Crippen molar-refractivity contribution in [2.24, 2.45) is 5.92 Å². The minimum absolute atomic E-state index is 0.199. The van der Waals surface area contributed by atoms with Crippen LogP contribution in [0.15, 0.2) is 29.3 Å². The van der Waals surface area contributed by atoms with E-state index in [9.17, 15) is 4.79 Å². The Balaban J connectivity index is 3.07. The third kappa shape index (κ3) is 1.57.